The lowest BCUT2D eigenvalue weighted by Gasteiger charge is -2.10. The van der Waals surface area contributed by atoms with E-state index in [0.29, 0.717) is 10.9 Å². The molecule has 0 saturated heterocycles. The molecule has 106 valence electrons. The van der Waals surface area contributed by atoms with E-state index in [1.165, 1.54) is 17.3 Å². The number of aryl methyl sites for hydroxylation is 2. The molecule has 0 aliphatic carbocycles. The zero-order valence-corrected chi connectivity index (χ0v) is 12.8. The second kappa shape index (κ2) is 6.04. The topological polar surface area (TPSA) is 63.9 Å². The summed E-state index contributed by atoms with van der Waals surface area (Å²) in [5.74, 6) is 0.350. The molecule has 0 atom stereocenters. The largest absolute Gasteiger partial charge is 0.348 e. The summed E-state index contributed by atoms with van der Waals surface area (Å²) in [7, 11) is 3.46. The van der Waals surface area contributed by atoms with Gasteiger partial charge in [-0.1, -0.05) is 29.5 Å². The lowest BCUT2D eigenvalue weighted by atomic mass is 10.1. The van der Waals surface area contributed by atoms with Gasteiger partial charge in [0, 0.05) is 14.1 Å². The number of benzene rings is 1. The molecule has 6 nitrogen and oxygen atoms in total. The van der Waals surface area contributed by atoms with Gasteiger partial charge >= 0.3 is 0 Å². The maximum atomic E-state index is 11.6. The second-order valence-corrected chi connectivity index (χ2v) is 5.68. The van der Waals surface area contributed by atoms with Crippen molar-refractivity contribution in [2.75, 3.05) is 19.8 Å². The standard InChI is InChI=1S/C13H17N5OS/c1-9-5-6-11(10(2)7-9)18-13(14-15-16-18)20-8-12(19)17(3)4/h5-7H,8H2,1-4H3. The average molecular weight is 291 g/mol. The average Bonchev–Trinajstić information content (AvgIpc) is 2.84. The predicted octanol–water partition coefficient (Wildman–Crippen LogP) is 1.46. The van der Waals surface area contributed by atoms with Crippen molar-refractivity contribution in [3.05, 3.63) is 29.3 Å². The Hall–Kier alpha value is -1.89. The lowest BCUT2D eigenvalue weighted by Crippen LogP contribution is -2.23. The van der Waals surface area contributed by atoms with Crippen LogP contribution in [-0.4, -0.2) is 50.9 Å². The molecular formula is C13H17N5OS. The fourth-order valence-electron chi connectivity index (χ4n) is 1.72. The van der Waals surface area contributed by atoms with Crippen LogP contribution >= 0.6 is 11.8 Å². The Balaban J connectivity index is 2.22. The van der Waals surface area contributed by atoms with Crippen LogP contribution in [0.25, 0.3) is 5.69 Å². The highest BCUT2D eigenvalue weighted by Crippen LogP contribution is 2.21. The maximum Gasteiger partial charge on any atom is 0.232 e. The molecule has 0 fully saturated rings. The third-order valence-corrected chi connectivity index (χ3v) is 3.75. The number of tetrazole rings is 1. The van der Waals surface area contributed by atoms with Gasteiger partial charge in [0.05, 0.1) is 11.4 Å². The van der Waals surface area contributed by atoms with Crippen LogP contribution in [0.5, 0.6) is 0 Å². The summed E-state index contributed by atoms with van der Waals surface area (Å²) in [4.78, 5) is 13.2. The Morgan fingerprint density at radius 1 is 1.35 bits per heavy atom. The summed E-state index contributed by atoms with van der Waals surface area (Å²) in [5, 5.41) is 12.3. The molecule has 1 heterocycles. The van der Waals surface area contributed by atoms with Crippen molar-refractivity contribution in [2.24, 2.45) is 0 Å². The zero-order chi connectivity index (χ0) is 14.7. The highest BCUT2D eigenvalue weighted by molar-refractivity contribution is 7.99. The van der Waals surface area contributed by atoms with E-state index in [4.69, 9.17) is 0 Å². The van der Waals surface area contributed by atoms with E-state index in [9.17, 15) is 4.79 Å². The van der Waals surface area contributed by atoms with Gasteiger partial charge in [0.1, 0.15) is 0 Å². The third kappa shape index (κ3) is 3.16. The van der Waals surface area contributed by atoms with E-state index in [1.807, 2.05) is 26.0 Å². The van der Waals surface area contributed by atoms with Gasteiger partial charge < -0.3 is 4.90 Å². The van der Waals surface area contributed by atoms with Crippen molar-refractivity contribution >= 4 is 17.7 Å². The number of hydrogen-bond donors (Lipinski definition) is 0. The highest BCUT2D eigenvalue weighted by atomic mass is 32.2. The van der Waals surface area contributed by atoms with Crippen LogP contribution in [0.2, 0.25) is 0 Å². The minimum atomic E-state index is 0.0326. The normalized spacial score (nSPS) is 10.6. The molecule has 0 aliphatic rings. The fraction of sp³-hybridized carbons (Fsp3) is 0.385. The maximum absolute atomic E-state index is 11.6. The number of hydrogen-bond acceptors (Lipinski definition) is 5. The molecule has 7 heteroatoms. The van der Waals surface area contributed by atoms with Crippen LogP contribution in [0.1, 0.15) is 11.1 Å². The predicted molar refractivity (Wildman–Crippen MR) is 78.0 cm³/mol. The SMILES string of the molecule is Cc1ccc(-n2nnnc2SCC(=O)N(C)C)c(C)c1. The smallest absolute Gasteiger partial charge is 0.232 e. The molecule has 1 amide bonds. The number of nitrogens with zero attached hydrogens (tertiary/aromatic N) is 5. The van der Waals surface area contributed by atoms with Gasteiger partial charge in [-0.2, -0.15) is 4.68 Å². The minimum Gasteiger partial charge on any atom is -0.348 e. The Morgan fingerprint density at radius 3 is 2.75 bits per heavy atom. The number of rotatable bonds is 4. The Morgan fingerprint density at radius 2 is 2.10 bits per heavy atom. The molecule has 0 aliphatic heterocycles. The van der Waals surface area contributed by atoms with Gasteiger partial charge in [-0.05, 0) is 35.9 Å². The first-order chi connectivity index (χ1) is 9.49. The third-order valence-electron chi connectivity index (χ3n) is 2.84. The van der Waals surface area contributed by atoms with Crippen LogP contribution in [-0.2, 0) is 4.79 Å². The van der Waals surface area contributed by atoms with Crippen LogP contribution in [0.15, 0.2) is 23.4 Å². The molecule has 1 aromatic heterocycles. The van der Waals surface area contributed by atoms with Crippen molar-refractivity contribution in [2.45, 2.75) is 19.0 Å². The molecule has 0 unspecified atom stereocenters. The first kappa shape index (κ1) is 14.5. The van der Waals surface area contributed by atoms with Crippen LogP contribution < -0.4 is 0 Å². The van der Waals surface area contributed by atoms with Crippen molar-refractivity contribution < 1.29 is 4.79 Å². The number of thioether (sulfide) groups is 1. The molecule has 0 bridgehead atoms. The molecule has 0 saturated carbocycles. The van der Waals surface area contributed by atoms with Gasteiger partial charge in [-0.25, -0.2) is 0 Å². The van der Waals surface area contributed by atoms with E-state index in [1.54, 1.807) is 23.7 Å². The molecule has 2 aromatic rings. The monoisotopic (exact) mass is 291 g/mol. The van der Waals surface area contributed by atoms with Gasteiger partial charge in [0.25, 0.3) is 0 Å². The molecular weight excluding hydrogens is 274 g/mol. The minimum absolute atomic E-state index is 0.0326. The molecule has 0 N–H and O–H groups in total. The molecule has 2 rings (SSSR count). The van der Waals surface area contributed by atoms with Gasteiger partial charge in [0.2, 0.25) is 11.1 Å². The molecule has 0 spiro atoms. The quantitative estimate of drug-likeness (QED) is 0.798. The van der Waals surface area contributed by atoms with Crippen molar-refractivity contribution in [3.8, 4) is 5.69 Å². The van der Waals surface area contributed by atoms with Crippen molar-refractivity contribution in [1.29, 1.82) is 0 Å². The van der Waals surface area contributed by atoms with E-state index >= 15 is 0 Å². The summed E-state index contributed by atoms with van der Waals surface area (Å²) in [6.07, 6.45) is 0. The second-order valence-electron chi connectivity index (χ2n) is 4.74. The van der Waals surface area contributed by atoms with E-state index in [-0.39, 0.29) is 5.91 Å². The van der Waals surface area contributed by atoms with Crippen LogP contribution in [0, 0.1) is 13.8 Å². The molecule has 0 radical (unpaired) electrons. The summed E-state index contributed by atoms with van der Waals surface area (Å²) in [5.41, 5.74) is 3.22. The van der Waals surface area contributed by atoms with Crippen LogP contribution in [0.4, 0.5) is 0 Å². The van der Waals surface area contributed by atoms with Gasteiger partial charge in [-0.15, -0.1) is 5.10 Å². The Kier molecular flexibility index (Phi) is 4.39. The number of aromatic nitrogens is 4. The zero-order valence-electron chi connectivity index (χ0n) is 12.0. The van der Waals surface area contributed by atoms with E-state index in [2.05, 4.69) is 21.6 Å². The first-order valence-corrected chi connectivity index (χ1v) is 7.16. The summed E-state index contributed by atoms with van der Waals surface area (Å²) in [6.45, 7) is 4.06. The Bertz CT molecular complexity index is 623. The van der Waals surface area contributed by atoms with E-state index < -0.39 is 0 Å². The first-order valence-electron chi connectivity index (χ1n) is 6.18. The van der Waals surface area contributed by atoms with E-state index in [0.717, 1.165) is 11.3 Å². The highest BCUT2D eigenvalue weighted by Gasteiger charge is 2.13. The fourth-order valence-corrected chi connectivity index (χ4v) is 2.58. The van der Waals surface area contributed by atoms with Crippen LogP contribution in [0.3, 0.4) is 0 Å². The molecule has 20 heavy (non-hydrogen) atoms. The van der Waals surface area contributed by atoms with Crippen molar-refractivity contribution in [1.82, 2.24) is 25.1 Å². The summed E-state index contributed by atoms with van der Waals surface area (Å²) >= 11 is 1.33. The lowest BCUT2D eigenvalue weighted by molar-refractivity contribution is -0.125. The Labute approximate surface area is 122 Å². The van der Waals surface area contributed by atoms with Crippen molar-refractivity contribution in [3.63, 3.8) is 0 Å². The van der Waals surface area contributed by atoms with Gasteiger partial charge in [0.15, 0.2) is 0 Å². The molecule has 1 aromatic carbocycles. The number of amides is 1. The summed E-state index contributed by atoms with van der Waals surface area (Å²) in [6, 6.07) is 6.08. The number of carbonyl (C=O) groups excluding carboxylic acids is 1. The number of carbonyl (C=O) groups is 1. The summed E-state index contributed by atoms with van der Waals surface area (Å²) < 4.78 is 1.67. The van der Waals surface area contributed by atoms with Gasteiger partial charge in [-0.3, -0.25) is 4.79 Å².